The van der Waals surface area contributed by atoms with Crippen molar-refractivity contribution in [3.63, 3.8) is 0 Å². The van der Waals surface area contributed by atoms with Gasteiger partial charge in [0.05, 0.1) is 19.6 Å². The van der Waals surface area contributed by atoms with Gasteiger partial charge in [0.15, 0.2) is 0 Å². The summed E-state index contributed by atoms with van der Waals surface area (Å²) in [6, 6.07) is 0. The van der Waals surface area contributed by atoms with Gasteiger partial charge in [-0.05, 0) is 30.6 Å². The summed E-state index contributed by atoms with van der Waals surface area (Å²) in [5.74, 6) is 0.704. The number of hydrogen-bond acceptors (Lipinski definition) is 4. The summed E-state index contributed by atoms with van der Waals surface area (Å²) in [5, 5.41) is 0. The fourth-order valence-electron chi connectivity index (χ4n) is 4.60. The summed E-state index contributed by atoms with van der Waals surface area (Å²) < 4.78 is 11.2. The van der Waals surface area contributed by atoms with E-state index in [1.54, 1.807) is 0 Å². The normalized spacial score (nSPS) is 38.6. The molecule has 0 N–H and O–H groups in total. The maximum absolute atomic E-state index is 12.2. The zero-order valence-electron chi connectivity index (χ0n) is 13.7. The van der Waals surface area contributed by atoms with E-state index in [1.807, 2.05) is 0 Å². The van der Waals surface area contributed by atoms with Crippen LogP contribution in [0.1, 0.15) is 46.5 Å². The van der Waals surface area contributed by atoms with Crippen LogP contribution in [0.5, 0.6) is 0 Å². The third-order valence-electron chi connectivity index (χ3n) is 6.72. The van der Waals surface area contributed by atoms with Crippen molar-refractivity contribution >= 4 is 5.97 Å². The molecule has 2 saturated carbocycles. The summed E-state index contributed by atoms with van der Waals surface area (Å²) in [6.45, 7) is 11.3. The highest BCUT2D eigenvalue weighted by atomic mass is 16.5. The SMILES string of the molecule is CC1(C)[C@H]2CC[C@]1(C)[C@@H](OC(=O)CCN1CCOCC1)C2. The molecule has 0 amide bonds. The lowest BCUT2D eigenvalue weighted by Gasteiger charge is -2.38. The summed E-state index contributed by atoms with van der Waals surface area (Å²) in [5.41, 5.74) is 0.481. The molecule has 3 atom stereocenters. The van der Waals surface area contributed by atoms with Gasteiger partial charge >= 0.3 is 5.97 Å². The summed E-state index contributed by atoms with van der Waals surface area (Å²) in [7, 11) is 0. The van der Waals surface area contributed by atoms with E-state index in [4.69, 9.17) is 9.47 Å². The maximum Gasteiger partial charge on any atom is 0.307 e. The third-order valence-corrected chi connectivity index (χ3v) is 6.72. The predicted octanol–water partition coefficient (Wildman–Crippen LogP) is 2.47. The molecule has 120 valence electrons. The van der Waals surface area contributed by atoms with Crippen LogP contribution in [-0.2, 0) is 14.3 Å². The molecule has 4 nitrogen and oxygen atoms in total. The Morgan fingerprint density at radius 3 is 2.57 bits per heavy atom. The Kier molecular flexibility index (Phi) is 4.04. The highest BCUT2D eigenvalue weighted by Gasteiger charge is 2.62. The van der Waals surface area contributed by atoms with Gasteiger partial charge in [0, 0.05) is 25.0 Å². The van der Waals surface area contributed by atoms with Crippen LogP contribution in [0.25, 0.3) is 0 Å². The standard InChI is InChI=1S/C17H29NO3/c1-16(2)13-4-6-17(16,3)14(12-13)21-15(19)5-7-18-8-10-20-11-9-18/h13-14H,4-12H2,1-3H3/t13-,14-,17+/m0/s1. The van der Waals surface area contributed by atoms with Crippen molar-refractivity contribution in [1.82, 2.24) is 4.90 Å². The highest BCUT2D eigenvalue weighted by Crippen LogP contribution is 2.66. The van der Waals surface area contributed by atoms with Gasteiger partial charge in [-0.15, -0.1) is 0 Å². The highest BCUT2D eigenvalue weighted by molar-refractivity contribution is 5.70. The average Bonchev–Trinajstić information content (AvgIpc) is 2.79. The number of esters is 1. The molecule has 2 bridgehead atoms. The van der Waals surface area contributed by atoms with Crippen LogP contribution >= 0.6 is 0 Å². The monoisotopic (exact) mass is 295 g/mol. The molecule has 2 aliphatic carbocycles. The molecule has 1 saturated heterocycles. The van der Waals surface area contributed by atoms with Gasteiger partial charge in [-0.25, -0.2) is 0 Å². The second-order valence-electron chi connectivity index (χ2n) is 7.79. The molecule has 0 aromatic rings. The van der Waals surface area contributed by atoms with Crippen molar-refractivity contribution in [2.24, 2.45) is 16.7 Å². The van der Waals surface area contributed by atoms with Crippen LogP contribution in [0.3, 0.4) is 0 Å². The van der Waals surface area contributed by atoms with E-state index < -0.39 is 0 Å². The van der Waals surface area contributed by atoms with E-state index in [2.05, 4.69) is 25.7 Å². The average molecular weight is 295 g/mol. The van der Waals surface area contributed by atoms with Crippen molar-refractivity contribution in [2.45, 2.75) is 52.6 Å². The first-order valence-electron chi connectivity index (χ1n) is 8.43. The lowest BCUT2D eigenvalue weighted by atomic mass is 9.70. The molecule has 0 aromatic carbocycles. The third kappa shape index (κ3) is 2.61. The van der Waals surface area contributed by atoms with Gasteiger partial charge in [-0.3, -0.25) is 9.69 Å². The number of fused-ring (bicyclic) bond motifs is 2. The quantitative estimate of drug-likeness (QED) is 0.747. The largest absolute Gasteiger partial charge is 0.462 e. The van der Waals surface area contributed by atoms with Crippen LogP contribution in [-0.4, -0.2) is 49.8 Å². The van der Waals surface area contributed by atoms with Crippen LogP contribution < -0.4 is 0 Å². The minimum Gasteiger partial charge on any atom is -0.462 e. The Morgan fingerprint density at radius 1 is 1.29 bits per heavy atom. The van der Waals surface area contributed by atoms with Crippen molar-refractivity contribution < 1.29 is 14.3 Å². The Balaban J connectivity index is 1.49. The minimum atomic E-state index is -0.0175. The lowest BCUT2D eigenvalue weighted by Crippen LogP contribution is -2.40. The van der Waals surface area contributed by atoms with Crippen molar-refractivity contribution in [3.8, 4) is 0 Å². The first-order chi connectivity index (χ1) is 9.93. The van der Waals surface area contributed by atoms with Crippen LogP contribution in [0, 0.1) is 16.7 Å². The second kappa shape index (κ2) is 5.54. The van der Waals surface area contributed by atoms with Gasteiger partial charge < -0.3 is 9.47 Å². The van der Waals surface area contributed by atoms with E-state index in [0.29, 0.717) is 11.8 Å². The van der Waals surface area contributed by atoms with Gasteiger partial charge in [-0.1, -0.05) is 20.8 Å². The van der Waals surface area contributed by atoms with E-state index in [9.17, 15) is 4.79 Å². The maximum atomic E-state index is 12.2. The number of carbonyl (C=O) groups excluding carboxylic acids is 1. The fraction of sp³-hybridized carbons (Fsp3) is 0.941. The number of carbonyl (C=O) groups is 1. The zero-order valence-corrected chi connectivity index (χ0v) is 13.7. The smallest absolute Gasteiger partial charge is 0.307 e. The van der Waals surface area contributed by atoms with Gasteiger partial charge in [0.2, 0.25) is 0 Å². The molecule has 1 aliphatic heterocycles. The Hall–Kier alpha value is -0.610. The molecule has 3 fully saturated rings. The Bertz CT molecular complexity index is 403. The molecule has 3 rings (SSSR count). The zero-order chi connectivity index (χ0) is 15.1. The number of rotatable bonds is 4. The van der Waals surface area contributed by atoms with Crippen molar-refractivity contribution in [3.05, 3.63) is 0 Å². The van der Waals surface area contributed by atoms with Gasteiger partial charge in [-0.2, -0.15) is 0 Å². The number of morpholine rings is 1. The molecule has 0 unspecified atom stereocenters. The molecule has 21 heavy (non-hydrogen) atoms. The summed E-state index contributed by atoms with van der Waals surface area (Å²) in [4.78, 5) is 14.5. The van der Waals surface area contributed by atoms with Gasteiger partial charge in [0.1, 0.15) is 6.10 Å². The van der Waals surface area contributed by atoms with Gasteiger partial charge in [0.25, 0.3) is 0 Å². The minimum absolute atomic E-state index is 0.0175. The molecule has 4 heteroatoms. The topological polar surface area (TPSA) is 38.8 Å². The fourth-order valence-corrected chi connectivity index (χ4v) is 4.60. The van der Waals surface area contributed by atoms with Crippen LogP contribution in [0.2, 0.25) is 0 Å². The molecule has 0 aromatic heterocycles. The lowest BCUT2D eigenvalue weighted by molar-refractivity contribution is -0.157. The summed E-state index contributed by atoms with van der Waals surface area (Å²) in [6.07, 6.45) is 4.20. The number of ether oxygens (including phenoxy) is 2. The molecule has 0 radical (unpaired) electrons. The van der Waals surface area contributed by atoms with E-state index in [0.717, 1.165) is 45.2 Å². The molecule has 3 aliphatic rings. The predicted molar refractivity (Wildman–Crippen MR) is 81.0 cm³/mol. The molecular formula is C17H29NO3. The first kappa shape index (κ1) is 15.3. The van der Waals surface area contributed by atoms with E-state index >= 15 is 0 Å². The number of nitrogens with zero attached hydrogens (tertiary/aromatic N) is 1. The Labute approximate surface area is 128 Å². The first-order valence-corrected chi connectivity index (χ1v) is 8.43. The van der Waals surface area contributed by atoms with Crippen molar-refractivity contribution in [1.29, 1.82) is 0 Å². The summed E-state index contributed by atoms with van der Waals surface area (Å²) >= 11 is 0. The Morgan fingerprint density at radius 2 is 2.00 bits per heavy atom. The number of hydrogen-bond donors (Lipinski definition) is 0. The molecule has 0 spiro atoms. The van der Waals surface area contributed by atoms with E-state index in [-0.39, 0.29) is 17.5 Å². The molecule has 1 heterocycles. The van der Waals surface area contributed by atoms with Crippen LogP contribution in [0.15, 0.2) is 0 Å². The molecular weight excluding hydrogens is 266 g/mol. The second-order valence-corrected chi connectivity index (χ2v) is 7.79. The van der Waals surface area contributed by atoms with Crippen molar-refractivity contribution in [2.75, 3.05) is 32.8 Å². The van der Waals surface area contributed by atoms with E-state index in [1.165, 1.54) is 12.8 Å². The van der Waals surface area contributed by atoms with Crippen LogP contribution in [0.4, 0.5) is 0 Å².